The van der Waals surface area contributed by atoms with Crippen LogP contribution in [0, 0.1) is 0 Å². The number of carboxylic acid groups (broad SMARTS) is 2. The van der Waals surface area contributed by atoms with Gasteiger partial charge in [0.05, 0.1) is 13.0 Å². The maximum absolute atomic E-state index is 12.2. The van der Waals surface area contributed by atoms with E-state index in [1.807, 2.05) is 0 Å². The van der Waals surface area contributed by atoms with Gasteiger partial charge in [-0.25, -0.2) is 9.59 Å². The maximum atomic E-state index is 12.2. The van der Waals surface area contributed by atoms with E-state index in [-0.39, 0.29) is 4.90 Å². The molecular formula is C9H13F3N2O6. The average molecular weight is 302 g/mol. The normalized spacial score (nSPS) is 12.6. The van der Waals surface area contributed by atoms with Gasteiger partial charge in [0.15, 0.2) is 0 Å². The van der Waals surface area contributed by atoms with Gasteiger partial charge in [0.25, 0.3) is 0 Å². The van der Waals surface area contributed by atoms with E-state index < -0.39 is 56.3 Å². The number of carbonyl (C=O) groups is 3. The van der Waals surface area contributed by atoms with Crippen LogP contribution in [0.15, 0.2) is 0 Å². The molecule has 0 bridgehead atoms. The minimum atomic E-state index is -4.74. The lowest BCUT2D eigenvalue weighted by molar-refractivity contribution is -0.146. The number of halogens is 3. The Labute approximate surface area is 110 Å². The van der Waals surface area contributed by atoms with Gasteiger partial charge in [0.2, 0.25) is 0 Å². The number of rotatable bonds is 7. The largest absolute Gasteiger partial charge is 0.481 e. The van der Waals surface area contributed by atoms with Crippen molar-refractivity contribution in [2.75, 3.05) is 19.7 Å². The zero-order chi connectivity index (χ0) is 15.9. The van der Waals surface area contributed by atoms with E-state index in [9.17, 15) is 27.6 Å². The molecule has 2 amide bonds. The van der Waals surface area contributed by atoms with Crippen molar-refractivity contribution in [2.24, 2.45) is 0 Å². The number of nitrogens with one attached hydrogen (secondary N) is 1. The van der Waals surface area contributed by atoms with Crippen LogP contribution >= 0.6 is 0 Å². The number of amides is 2. The minimum Gasteiger partial charge on any atom is -0.481 e. The number of carbonyl (C=O) groups excluding carboxylic acids is 1. The summed E-state index contributed by atoms with van der Waals surface area (Å²) in [5.74, 6) is -3.24. The molecule has 0 unspecified atom stereocenters. The number of nitrogens with zero attached hydrogens (tertiary/aromatic N) is 1. The molecule has 4 N–H and O–H groups in total. The third-order valence-electron chi connectivity index (χ3n) is 2.00. The molecule has 0 aromatic rings. The second-order valence-electron chi connectivity index (χ2n) is 3.70. The third-order valence-corrected chi connectivity index (χ3v) is 2.00. The van der Waals surface area contributed by atoms with Crippen molar-refractivity contribution in [2.45, 2.75) is 18.6 Å². The molecule has 0 aliphatic heterocycles. The highest BCUT2D eigenvalue weighted by Crippen LogP contribution is 2.16. The van der Waals surface area contributed by atoms with Gasteiger partial charge in [-0.2, -0.15) is 13.2 Å². The van der Waals surface area contributed by atoms with Crippen molar-refractivity contribution in [3.05, 3.63) is 0 Å². The van der Waals surface area contributed by atoms with Crippen LogP contribution in [0.4, 0.5) is 18.0 Å². The van der Waals surface area contributed by atoms with Crippen molar-refractivity contribution in [1.29, 1.82) is 0 Å². The van der Waals surface area contributed by atoms with E-state index in [4.69, 9.17) is 15.3 Å². The Balaban J connectivity index is 4.79. The van der Waals surface area contributed by atoms with Gasteiger partial charge in [-0.15, -0.1) is 0 Å². The maximum Gasteiger partial charge on any atom is 0.406 e. The summed E-state index contributed by atoms with van der Waals surface area (Å²) in [7, 11) is 0. The molecule has 0 radical (unpaired) electrons. The van der Waals surface area contributed by atoms with Crippen molar-refractivity contribution >= 4 is 18.0 Å². The Hall–Kier alpha value is -2.04. The Morgan fingerprint density at radius 2 is 1.75 bits per heavy atom. The summed E-state index contributed by atoms with van der Waals surface area (Å²) in [6.07, 6.45) is -5.72. The van der Waals surface area contributed by atoms with Gasteiger partial charge >= 0.3 is 24.1 Å². The number of aliphatic carboxylic acids is 2. The van der Waals surface area contributed by atoms with Crippen molar-refractivity contribution in [3.8, 4) is 0 Å². The second-order valence-corrected chi connectivity index (χ2v) is 3.70. The molecular weight excluding hydrogens is 289 g/mol. The lowest BCUT2D eigenvalue weighted by Crippen LogP contribution is -2.51. The summed E-state index contributed by atoms with van der Waals surface area (Å²) < 4.78 is 36.5. The van der Waals surface area contributed by atoms with E-state index in [0.717, 1.165) is 0 Å². The number of aliphatic hydroxyl groups is 1. The van der Waals surface area contributed by atoms with Crippen LogP contribution in [0.1, 0.15) is 6.42 Å². The highest BCUT2D eigenvalue weighted by molar-refractivity contribution is 5.86. The predicted octanol–water partition coefficient (Wildman–Crippen LogP) is -0.520. The summed E-state index contributed by atoms with van der Waals surface area (Å²) in [5, 5.41) is 27.3. The van der Waals surface area contributed by atoms with E-state index >= 15 is 0 Å². The molecule has 20 heavy (non-hydrogen) atoms. The van der Waals surface area contributed by atoms with Crippen molar-refractivity contribution in [1.82, 2.24) is 10.2 Å². The van der Waals surface area contributed by atoms with Gasteiger partial charge in [0.1, 0.15) is 12.6 Å². The van der Waals surface area contributed by atoms with Crippen LogP contribution in [-0.2, 0) is 9.59 Å². The molecule has 1 atom stereocenters. The van der Waals surface area contributed by atoms with Crippen LogP contribution in [0.5, 0.6) is 0 Å². The van der Waals surface area contributed by atoms with Crippen LogP contribution < -0.4 is 5.32 Å². The molecule has 0 heterocycles. The smallest absolute Gasteiger partial charge is 0.406 e. The van der Waals surface area contributed by atoms with E-state index in [0.29, 0.717) is 0 Å². The highest BCUT2D eigenvalue weighted by atomic mass is 19.4. The Bertz CT molecular complexity index is 373. The molecule has 0 rings (SSSR count). The number of alkyl halides is 3. The molecule has 0 saturated carbocycles. The molecule has 0 aliphatic rings. The van der Waals surface area contributed by atoms with Gasteiger partial charge in [0, 0.05) is 6.54 Å². The fourth-order valence-electron chi connectivity index (χ4n) is 1.20. The van der Waals surface area contributed by atoms with Crippen LogP contribution in [-0.4, -0.2) is 70.1 Å². The summed E-state index contributed by atoms with van der Waals surface area (Å²) >= 11 is 0. The van der Waals surface area contributed by atoms with E-state index in [1.54, 1.807) is 5.32 Å². The first-order valence-corrected chi connectivity index (χ1v) is 5.24. The zero-order valence-electron chi connectivity index (χ0n) is 10.1. The van der Waals surface area contributed by atoms with Crippen LogP contribution in [0.3, 0.4) is 0 Å². The van der Waals surface area contributed by atoms with Gasteiger partial charge in [-0.3, -0.25) is 4.79 Å². The molecule has 0 aromatic heterocycles. The topological polar surface area (TPSA) is 127 Å². The summed E-state index contributed by atoms with van der Waals surface area (Å²) in [4.78, 5) is 32.6. The predicted molar refractivity (Wildman–Crippen MR) is 56.9 cm³/mol. The summed E-state index contributed by atoms with van der Waals surface area (Å²) in [5.41, 5.74) is 0. The van der Waals surface area contributed by atoms with Gasteiger partial charge in [-0.1, -0.05) is 0 Å². The third kappa shape index (κ3) is 7.41. The Morgan fingerprint density at radius 1 is 1.20 bits per heavy atom. The quantitative estimate of drug-likeness (QED) is 0.501. The number of hydrogen-bond acceptors (Lipinski definition) is 4. The van der Waals surface area contributed by atoms with Crippen LogP contribution in [0.25, 0.3) is 0 Å². The molecule has 0 fully saturated rings. The zero-order valence-corrected chi connectivity index (χ0v) is 10.1. The molecule has 116 valence electrons. The first-order chi connectivity index (χ1) is 9.06. The fourth-order valence-corrected chi connectivity index (χ4v) is 1.20. The van der Waals surface area contributed by atoms with E-state index in [2.05, 4.69) is 0 Å². The highest BCUT2D eigenvalue weighted by Gasteiger charge is 2.34. The first-order valence-electron chi connectivity index (χ1n) is 5.24. The molecule has 0 spiro atoms. The minimum absolute atomic E-state index is 0.137. The van der Waals surface area contributed by atoms with E-state index in [1.165, 1.54) is 0 Å². The molecule has 11 heteroatoms. The monoisotopic (exact) mass is 302 g/mol. The number of urea groups is 1. The lowest BCUT2D eigenvalue weighted by atomic mass is 10.2. The number of hydrogen-bond donors (Lipinski definition) is 4. The first kappa shape index (κ1) is 18.0. The van der Waals surface area contributed by atoms with Gasteiger partial charge < -0.3 is 25.5 Å². The van der Waals surface area contributed by atoms with Crippen molar-refractivity contribution in [3.63, 3.8) is 0 Å². The number of carboxylic acids is 2. The number of aliphatic hydroxyl groups excluding tert-OH is 1. The lowest BCUT2D eigenvalue weighted by Gasteiger charge is -2.25. The summed E-state index contributed by atoms with van der Waals surface area (Å²) in [6, 6.07) is -3.29. The Morgan fingerprint density at radius 3 is 2.10 bits per heavy atom. The van der Waals surface area contributed by atoms with Crippen molar-refractivity contribution < 1.29 is 42.9 Å². The second kappa shape index (κ2) is 7.53. The SMILES string of the molecule is O=C(O)C[C@@H](NC(=O)N(CCO)CC(F)(F)F)C(=O)O. The van der Waals surface area contributed by atoms with Crippen LogP contribution in [0.2, 0.25) is 0 Å². The standard InChI is InChI=1S/C9H13F3N2O6/c10-9(11,12)4-14(1-2-15)8(20)13-5(7(18)19)3-6(16)17/h5,15H,1-4H2,(H,13,20)(H,16,17)(H,18,19)/t5-/m1/s1. The molecule has 0 saturated heterocycles. The Kier molecular flexibility index (Phi) is 6.76. The average Bonchev–Trinajstić information content (AvgIpc) is 2.24. The molecule has 0 aliphatic carbocycles. The summed E-state index contributed by atoms with van der Waals surface area (Å²) in [6.45, 7) is -3.14. The molecule has 8 nitrogen and oxygen atoms in total. The fraction of sp³-hybridized carbons (Fsp3) is 0.667. The van der Waals surface area contributed by atoms with Gasteiger partial charge in [-0.05, 0) is 0 Å². The molecule has 0 aromatic carbocycles.